The third kappa shape index (κ3) is 2.38. The summed E-state index contributed by atoms with van der Waals surface area (Å²) in [5, 5.41) is 6.27. The second kappa shape index (κ2) is 4.62. The van der Waals surface area contributed by atoms with E-state index >= 15 is 0 Å². The SMILES string of the molecule is CNCc1csc(-c2cccc3c2OC(C)(C)C3)n1. The average molecular weight is 274 g/mol. The van der Waals surface area contributed by atoms with Gasteiger partial charge in [0.2, 0.25) is 0 Å². The van der Waals surface area contributed by atoms with Gasteiger partial charge in [-0.05, 0) is 32.5 Å². The van der Waals surface area contributed by atoms with Crippen LogP contribution < -0.4 is 10.1 Å². The van der Waals surface area contributed by atoms with Crippen LogP contribution in [0.3, 0.4) is 0 Å². The van der Waals surface area contributed by atoms with E-state index in [2.05, 4.69) is 47.7 Å². The van der Waals surface area contributed by atoms with Crippen molar-refractivity contribution in [1.82, 2.24) is 10.3 Å². The number of nitrogens with one attached hydrogen (secondary N) is 1. The highest BCUT2D eigenvalue weighted by Gasteiger charge is 2.32. The van der Waals surface area contributed by atoms with Crippen molar-refractivity contribution in [2.24, 2.45) is 0 Å². The number of ether oxygens (including phenoxy) is 1. The molecule has 1 aliphatic heterocycles. The summed E-state index contributed by atoms with van der Waals surface area (Å²) in [4.78, 5) is 4.67. The number of benzene rings is 1. The van der Waals surface area contributed by atoms with Gasteiger partial charge in [0.15, 0.2) is 0 Å². The lowest BCUT2D eigenvalue weighted by molar-refractivity contribution is 0.139. The fourth-order valence-corrected chi connectivity index (χ4v) is 3.32. The molecule has 19 heavy (non-hydrogen) atoms. The Labute approximate surface area is 117 Å². The van der Waals surface area contributed by atoms with E-state index < -0.39 is 0 Å². The summed E-state index contributed by atoms with van der Waals surface area (Å²) in [7, 11) is 1.94. The molecule has 1 aromatic heterocycles. The van der Waals surface area contributed by atoms with E-state index in [1.807, 2.05) is 7.05 Å². The molecule has 0 atom stereocenters. The minimum Gasteiger partial charge on any atom is -0.486 e. The Morgan fingerprint density at radius 1 is 1.42 bits per heavy atom. The first-order valence-corrected chi connectivity index (χ1v) is 7.37. The molecular weight excluding hydrogens is 256 g/mol. The van der Waals surface area contributed by atoms with Crippen LogP contribution in [0.2, 0.25) is 0 Å². The number of hydrogen-bond donors (Lipinski definition) is 1. The van der Waals surface area contributed by atoms with Crippen LogP contribution in [0.5, 0.6) is 5.75 Å². The van der Waals surface area contributed by atoms with Crippen LogP contribution in [-0.2, 0) is 13.0 Å². The summed E-state index contributed by atoms with van der Waals surface area (Å²) in [5.41, 5.74) is 3.38. The minimum atomic E-state index is -0.108. The largest absolute Gasteiger partial charge is 0.486 e. The average Bonchev–Trinajstić information content (AvgIpc) is 2.91. The number of para-hydroxylation sites is 1. The van der Waals surface area contributed by atoms with Gasteiger partial charge in [0.25, 0.3) is 0 Å². The lowest BCUT2D eigenvalue weighted by Gasteiger charge is -2.17. The highest BCUT2D eigenvalue weighted by Crippen LogP contribution is 2.42. The predicted molar refractivity (Wildman–Crippen MR) is 78.7 cm³/mol. The topological polar surface area (TPSA) is 34.1 Å². The van der Waals surface area contributed by atoms with Crippen molar-refractivity contribution in [1.29, 1.82) is 0 Å². The molecule has 0 aliphatic carbocycles. The number of nitrogens with zero attached hydrogens (tertiary/aromatic N) is 1. The van der Waals surface area contributed by atoms with Crippen LogP contribution in [0.25, 0.3) is 10.6 Å². The van der Waals surface area contributed by atoms with E-state index in [0.717, 1.165) is 35.0 Å². The normalized spacial score (nSPS) is 16.2. The molecule has 0 saturated heterocycles. The molecule has 0 spiro atoms. The maximum absolute atomic E-state index is 6.10. The van der Waals surface area contributed by atoms with Gasteiger partial charge in [-0.1, -0.05) is 12.1 Å². The van der Waals surface area contributed by atoms with Gasteiger partial charge in [-0.15, -0.1) is 11.3 Å². The molecule has 2 heterocycles. The van der Waals surface area contributed by atoms with Crippen molar-refractivity contribution in [2.75, 3.05) is 7.05 Å². The maximum Gasteiger partial charge on any atom is 0.133 e. The van der Waals surface area contributed by atoms with Crippen LogP contribution >= 0.6 is 11.3 Å². The first kappa shape index (κ1) is 12.6. The lowest BCUT2D eigenvalue weighted by Crippen LogP contribution is -2.24. The predicted octanol–water partition coefficient (Wildman–Crippen LogP) is 3.24. The molecule has 4 heteroatoms. The van der Waals surface area contributed by atoms with Crippen LogP contribution in [-0.4, -0.2) is 17.6 Å². The van der Waals surface area contributed by atoms with Crippen molar-refractivity contribution < 1.29 is 4.74 Å². The number of rotatable bonds is 3. The Morgan fingerprint density at radius 3 is 3.05 bits per heavy atom. The van der Waals surface area contributed by atoms with Gasteiger partial charge in [-0.3, -0.25) is 0 Å². The first-order chi connectivity index (χ1) is 9.09. The molecule has 3 nitrogen and oxygen atoms in total. The quantitative estimate of drug-likeness (QED) is 0.933. The Balaban J connectivity index is 2.00. The minimum absolute atomic E-state index is 0.108. The summed E-state index contributed by atoms with van der Waals surface area (Å²) in [6, 6.07) is 6.34. The number of fused-ring (bicyclic) bond motifs is 1. The molecule has 1 aliphatic rings. The van der Waals surface area contributed by atoms with E-state index in [1.165, 1.54) is 5.56 Å². The van der Waals surface area contributed by atoms with Gasteiger partial charge in [0.1, 0.15) is 16.4 Å². The van der Waals surface area contributed by atoms with E-state index in [0.29, 0.717) is 0 Å². The highest BCUT2D eigenvalue weighted by molar-refractivity contribution is 7.13. The van der Waals surface area contributed by atoms with E-state index in [1.54, 1.807) is 11.3 Å². The number of thiazole rings is 1. The zero-order valence-electron chi connectivity index (χ0n) is 11.5. The zero-order chi connectivity index (χ0) is 13.5. The Kier molecular flexibility index (Phi) is 3.07. The zero-order valence-corrected chi connectivity index (χ0v) is 12.3. The second-order valence-corrected chi connectivity index (χ2v) is 6.36. The first-order valence-electron chi connectivity index (χ1n) is 6.49. The van der Waals surface area contributed by atoms with Crippen molar-refractivity contribution in [3.63, 3.8) is 0 Å². The third-order valence-corrected chi connectivity index (χ3v) is 4.16. The summed E-state index contributed by atoms with van der Waals surface area (Å²) < 4.78 is 6.10. The van der Waals surface area contributed by atoms with Crippen LogP contribution in [0.1, 0.15) is 25.1 Å². The Bertz CT molecular complexity index is 604. The van der Waals surface area contributed by atoms with Gasteiger partial charge in [-0.2, -0.15) is 0 Å². The molecule has 0 radical (unpaired) electrons. The van der Waals surface area contributed by atoms with E-state index in [-0.39, 0.29) is 5.60 Å². The smallest absolute Gasteiger partial charge is 0.133 e. The van der Waals surface area contributed by atoms with Gasteiger partial charge in [0, 0.05) is 18.3 Å². The summed E-state index contributed by atoms with van der Waals surface area (Å²) in [6.07, 6.45) is 0.963. The van der Waals surface area contributed by atoms with Gasteiger partial charge in [-0.25, -0.2) is 4.98 Å². The summed E-state index contributed by atoms with van der Waals surface area (Å²) >= 11 is 1.68. The van der Waals surface area contributed by atoms with Crippen molar-refractivity contribution >= 4 is 11.3 Å². The molecule has 1 N–H and O–H groups in total. The fourth-order valence-electron chi connectivity index (χ4n) is 2.48. The number of aromatic nitrogens is 1. The molecule has 2 aromatic rings. The molecule has 0 bridgehead atoms. The van der Waals surface area contributed by atoms with Gasteiger partial charge >= 0.3 is 0 Å². The molecule has 100 valence electrons. The van der Waals surface area contributed by atoms with Crippen LogP contribution in [0, 0.1) is 0 Å². The molecular formula is C15H18N2OS. The van der Waals surface area contributed by atoms with Gasteiger partial charge < -0.3 is 10.1 Å². The van der Waals surface area contributed by atoms with E-state index in [4.69, 9.17) is 4.74 Å². The summed E-state index contributed by atoms with van der Waals surface area (Å²) in [6.45, 7) is 5.06. The molecule has 0 amide bonds. The Morgan fingerprint density at radius 2 is 2.26 bits per heavy atom. The van der Waals surface area contributed by atoms with E-state index in [9.17, 15) is 0 Å². The molecule has 1 aromatic carbocycles. The molecule has 0 unspecified atom stereocenters. The van der Waals surface area contributed by atoms with Crippen molar-refractivity contribution in [3.8, 4) is 16.3 Å². The van der Waals surface area contributed by atoms with Crippen LogP contribution in [0.15, 0.2) is 23.6 Å². The maximum atomic E-state index is 6.10. The molecule has 0 fully saturated rings. The Hall–Kier alpha value is -1.39. The number of hydrogen-bond acceptors (Lipinski definition) is 4. The van der Waals surface area contributed by atoms with Crippen LogP contribution in [0.4, 0.5) is 0 Å². The molecule has 0 saturated carbocycles. The van der Waals surface area contributed by atoms with Crippen molar-refractivity contribution in [3.05, 3.63) is 34.8 Å². The molecule has 3 rings (SSSR count). The monoisotopic (exact) mass is 274 g/mol. The lowest BCUT2D eigenvalue weighted by atomic mass is 10.0. The van der Waals surface area contributed by atoms with Gasteiger partial charge in [0.05, 0.1) is 11.3 Å². The highest BCUT2D eigenvalue weighted by atomic mass is 32.1. The fraction of sp³-hybridized carbons (Fsp3) is 0.400. The third-order valence-electron chi connectivity index (χ3n) is 3.23. The summed E-state index contributed by atoms with van der Waals surface area (Å²) in [5.74, 6) is 1.01. The standard InChI is InChI=1S/C15H18N2OS/c1-15(2)7-10-5-4-6-12(13(10)18-15)14-17-11(8-16-3)9-19-14/h4-6,9,16H,7-8H2,1-3H3. The second-order valence-electron chi connectivity index (χ2n) is 5.51. The van der Waals surface area contributed by atoms with Crippen molar-refractivity contribution in [2.45, 2.75) is 32.4 Å².